The van der Waals surface area contributed by atoms with Crippen LogP contribution in [0.4, 0.5) is 5.69 Å². The quantitative estimate of drug-likeness (QED) is 0.555. The Hall–Kier alpha value is -2.52. The second-order valence-corrected chi connectivity index (χ2v) is 7.00. The molecule has 0 atom stereocenters. The van der Waals surface area contributed by atoms with Crippen molar-refractivity contribution in [1.82, 2.24) is 0 Å². The summed E-state index contributed by atoms with van der Waals surface area (Å²) in [5.41, 5.74) is 2.99. The molecule has 1 heterocycles. The van der Waals surface area contributed by atoms with Crippen molar-refractivity contribution in [3.63, 3.8) is 0 Å². The van der Waals surface area contributed by atoms with Gasteiger partial charge < -0.3 is 9.73 Å². The molecule has 1 N–H and O–H groups in total. The molecule has 3 rings (SSSR count). The number of hydrogen-bond acceptors (Lipinski definition) is 2. The van der Waals surface area contributed by atoms with Gasteiger partial charge in [-0.2, -0.15) is 0 Å². The van der Waals surface area contributed by atoms with Crippen LogP contribution in [0, 0.1) is 0 Å². The molecular weight excluding hydrogens is 346 g/mol. The first-order valence-corrected chi connectivity index (χ1v) is 9.14. The topological polar surface area (TPSA) is 42.2 Å². The number of carbonyl (C=O) groups excluding carboxylic acids is 1. The van der Waals surface area contributed by atoms with Gasteiger partial charge in [0.2, 0.25) is 5.91 Å². The van der Waals surface area contributed by atoms with Crippen LogP contribution >= 0.6 is 11.6 Å². The molecule has 26 heavy (non-hydrogen) atoms. The van der Waals surface area contributed by atoms with Gasteiger partial charge in [-0.25, -0.2) is 0 Å². The van der Waals surface area contributed by atoms with Crippen molar-refractivity contribution in [2.45, 2.75) is 32.6 Å². The molecule has 0 unspecified atom stereocenters. The van der Waals surface area contributed by atoms with Crippen molar-refractivity contribution in [2.75, 3.05) is 5.32 Å². The second kappa shape index (κ2) is 8.24. The minimum absolute atomic E-state index is 0.0115. The molecule has 4 heteroatoms. The molecule has 134 valence electrons. The Morgan fingerprint density at radius 1 is 1.04 bits per heavy atom. The van der Waals surface area contributed by atoms with E-state index < -0.39 is 0 Å². The summed E-state index contributed by atoms with van der Waals surface area (Å²) in [6.45, 7) is 4.23. The van der Waals surface area contributed by atoms with E-state index in [1.54, 1.807) is 0 Å². The van der Waals surface area contributed by atoms with Crippen LogP contribution in [0.25, 0.3) is 11.3 Å². The largest absolute Gasteiger partial charge is 0.461 e. The van der Waals surface area contributed by atoms with Crippen LogP contribution in [0.15, 0.2) is 65.1 Å². The molecule has 0 aliphatic heterocycles. The Kier molecular flexibility index (Phi) is 5.79. The van der Waals surface area contributed by atoms with Gasteiger partial charge in [0.05, 0.1) is 0 Å². The fourth-order valence-corrected chi connectivity index (χ4v) is 2.97. The van der Waals surface area contributed by atoms with E-state index in [4.69, 9.17) is 16.0 Å². The smallest absolute Gasteiger partial charge is 0.224 e. The molecule has 0 spiro atoms. The zero-order valence-corrected chi connectivity index (χ0v) is 15.7. The summed E-state index contributed by atoms with van der Waals surface area (Å²) in [5.74, 6) is 1.92. The molecule has 0 saturated carbocycles. The highest BCUT2D eigenvalue weighted by atomic mass is 35.5. The summed E-state index contributed by atoms with van der Waals surface area (Å²) in [5, 5.41) is 3.70. The maximum Gasteiger partial charge on any atom is 0.224 e. The summed E-state index contributed by atoms with van der Waals surface area (Å²) < 4.78 is 5.85. The zero-order valence-electron chi connectivity index (χ0n) is 15.0. The molecule has 1 aromatic heterocycles. The lowest BCUT2D eigenvalue weighted by Gasteiger charge is -2.13. The van der Waals surface area contributed by atoms with Crippen LogP contribution in [-0.2, 0) is 11.2 Å². The van der Waals surface area contributed by atoms with E-state index in [1.807, 2.05) is 60.7 Å². The molecule has 0 fully saturated rings. The number of amides is 1. The highest BCUT2D eigenvalue weighted by molar-refractivity contribution is 6.30. The number of anilines is 1. The number of benzene rings is 2. The number of rotatable bonds is 6. The van der Waals surface area contributed by atoms with Gasteiger partial charge in [0.1, 0.15) is 11.5 Å². The maximum absolute atomic E-state index is 12.3. The Morgan fingerprint density at radius 3 is 2.50 bits per heavy atom. The lowest BCUT2D eigenvalue weighted by Crippen LogP contribution is -2.13. The van der Waals surface area contributed by atoms with Gasteiger partial charge in [-0.05, 0) is 53.9 Å². The molecule has 3 aromatic rings. The molecule has 0 radical (unpaired) electrons. The Labute approximate surface area is 159 Å². The van der Waals surface area contributed by atoms with Crippen LogP contribution in [0.2, 0.25) is 5.02 Å². The number of para-hydroxylation sites is 1. The number of furan rings is 1. The summed E-state index contributed by atoms with van der Waals surface area (Å²) >= 11 is 5.91. The van der Waals surface area contributed by atoms with Crippen molar-refractivity contribution in [2.24, 2.45) is 0 Å². The number of hydrogen-bond donors (Lipinski definition) is 1. The summed E-state index contributed by atoms with van der Waals surface area (Å²) in [6.07, 6.45) is 0.934. The summed E-state index contributed by atoms with van der Waals surface area (Å²) in [6, 6.07) is 19.3. The molecule has 0 aliphatic rings. The molecule has 0 bridgehead atoms. The number of halogens is 1. The van der Waals surface area contributed by atoms with E-state index in [-0.39, 0.29) is 5.91 Å². The third-order valence-corrected chi connectivity index (χ3v) is 4.50. The Morgan fingerprint density at radius 2 is 1.77 bits per heavy atom. The lowest BCUT2D eigenvalue weighted by molar-refractivity contribution is -0.116. The maximum atomic E-state index is 12.3. The minimum atomic E-state index is -0.0115. The van der Waals surface area contributed by atoms with Gasteiger partial charge in [-0.15, -0.1) is 0 Å². The Balaban J connectivity index is 1.59. The fourth-order valence-electron chi connectivity index (χ4n) is 2.85. The van der Waals surface area contributed by atoms with E-state index in [0.29, 0.717) is 23.8 Å². The molecule has 1 amide bonds. The zero-order chi connectivity index (χ0) is 18.5. The van der Waals surface area contributed by atoms with Crippen molar-refractivity contribution in [1.29, 1.82) is 0 Å². The minimum Gasteiger partial charge on any atom is -0.461 e. The first-order chi connectivity index (χ1) is 12.5. The molecular formula is C22H22ClNO2. The van der Waals surface area contributed by atoms with Crippen LogP contribution < -0.4 is 5.32 Å². The van der Waals surface area contributed by atoms with Crippen molar-refractivity contribution >= 4 is 23.2 Å². The van der Waals surface area contributed by atoms with Gasteiger partial charge in [-0.1, -0.05) is 43.6 Å². The van der Waals surface area contributed by atoms with Crippen molar-refractivity contribution < 1.29 is 9.21 Å². The number of carbonyl (C=O) groups is 1. The first kappa shape index (κ1) is 18.3. The summed E-state index contributed by atoms with van der Waals surface area (Å²) in [7, 11) is 0. The van der Waals surface area contributed by atoms with Crippen LogP contribution in [0.1, 0.15) is 37.5 Å². The number of nitrogens with one attached hydrogen (secondary N) is 1. The average Bonchev–Trinajstić information content (AvgIpc) is 3.10. The van der Waals surface area contributed by atoms with Gasteiger partial charge in [0.25, 0.3) is 0 Å². The van der Waals surface area contributed by atoms with E-state index in [1.165, 1.54) is 0 Å². The molecule has 3 nitrogen and oxygen atoms in total. The van der Waals surface area contributed by atoms with Gasteiger partial charge in [-0.3, -0.25) is 4.79 Å². The fraction of sp³-hybridized carbons (Fsp3) is 0.227. The van der Waals surface area contributed by atoms with Crippen molar-refractivity contribution in [3.05, 3.63) is 77.0 Å². The predicted octanol–water partition coefficient (Wildman–Crippen LogP) is 6.29. The van der Waals surface area contributed by atoms with E-state index in [2.05, 4.69) is 19.2 Å². The van der Waals surface area contributed by atoms with E-state index in [9.17, 15) is 4.79 Å². The molecule has 2 aromatic carbocycles. The van der Waals surface area contributed by atoms with Crippen molar-refractivity contribution in [3.8, 4) is 11.3 Å². The number of aryl methyl sites for hydroxylation is 1. The predicted molar refractivity (Wildman–Crippen MR) is 107 cm³/mol. The van der Waals surface area contributed by atoms with Gasteiger partial charge in [0, 0.05) is 29.1 Å². The highest BCUT2D eigenvalue weighted by Gasteiger charge is 2.11. The third kappa shape index (κ3) is 4.55. The van der Waals surface area contributed by atoms with Crippen LogP contribution in [0.3, 0.4) is 0 Å². The van der Waals surface area contributed by atoms with Crippen LogP contribution in [0.5, 0.6) is 0 Å². The normalized spacial score (nSPS) is 10.9. The average molecular weight is 368 g/mol. The van der Waals surface area contributed by atoms with Gasteiger partial charge >= 0.3 is 0 Å². The standard InChI is InChI=1S/C22H22ClNO2/c1-15(2)19-5-3-4-6-20(19)24-22(25)14-12-18-11-13-21(26-18)16-7-9-17(23)10-8-16/h3-11,13,15H,12,14H2,1-2H3,(H,24,25). The van der Waals surface area contributed by atoms with Gasteiger partial charge in [0.15, 0.2) is 0 Å². The summed E-state index contributed by atoms with van der Waals surface area (Å²) in [4.78, 5) is 12.3. The Bertz CT molecular complexity index is 881. The SMILES string of the molecule is CC(C)c1ccccc1NC(=O)CCc1ccc(-c2ccc(Cl)cc2)o1. The molecule has 0 aliphatic carbocycles. The third-order valence-electron chi connectivity index (χ3n) is 4.25. The van der Waals surface area contributed by atoms with Crippen LogP contribution in [-0.4, -0.2) is 5.91 Å². The van der Waals surface area contributed by atoms with E-state index >= 15 is 0 Å². The second-order valence-electron chi connectivity index (χ2n) is 6.56. The molecule has 0 saturated heterocycles. The van der Waals surface area contributed by atoms with E-state index in [0.717, 1.165) is 28.3 Å². The highest BCUT2D eigenvalue weighted by Crippen LogP contribution is 2.25. The lowest BCUT2D eigenvalue weighted by atomic mass is 10.0. The first-order valence-electron chi connectivity index (χ1n) is 8.76. The monoisotopic (exact) mass is 367 g/mol.